The van der Waals surface area contributed by atoms with Gasteiger partial charge in [-0.05, 0) is 19.0 Å². The Bertz CT molecular complexity index is 243. The first-order chi connectivity index (χ1) is 6.58. The van der Waals surface area contributed by atoms with Gasteiger partial charge in [-0.2, -0.15) is 18.3 Å². The molecule has 80 valence electrons. The Morgan fingerprint density at radius 3 is 2.79 bits per heavy atom. The zero-order valence-electron chi connectivity index (χ0n) is 7.56. The highest BCUT2D eigenvalue weighted by atomic mass is 19.4. The number of nitrogens with zero attached hydrogens (tertiary/aromatic N) is 1. The summed E-state index contributed by atoms with van der Waals surface area (Å²) in [6.45, 7) is 0.885. The van der Waals surface area contributed by atoms with Crippen LogP contribution in [0.5, 0.6) is 0 Å². The van der Waals surface area contributed by atoms with E-state index < -0.39 is 12.6 Å². The van der Waals surface area contributed by atoms with Gasteiger partial charge in [0.25, 0.3) is 0 Å². The molecule has 0 saturated heterocycles. The molecule has 1 heterocycles. The molecule has 0 aliphatic heterocycles. The number of aromatic amines is 1. The molecule has 0 fully saturated rings. The van der Waals surface area contributed by atoms with Gasteiger partial charge in [-0.15, -0.1) is 0 Å². The zero-order valence-corrected chi connectivity index (χ0v) is 7.56. The highest BCUT2D eigenvalue weighted by molar-refractivity contribution is 4.96. The van der Waals surface area contributed by atoms with Gasteiger partial charge >= 0.3 is 6.18 Å². The quantitative estimate of drug-likeness (QED) is 0.723. The topological polar surface area (TPSA) is 40.7 Å². The molecule has 1 rings (SSSR count). The van der Waals surface area contributed by atoms with Crippen molar-refractivity contribution < 1.29 is 13.2 Å². The van der Waals surface area contributed by atoms with Gasteiger partial charge in [0, 0.05) is 24.9 Å². The van der Waals surface area contributed by atoms with Crippen molar-refractivity contribution in [3.63, 3.8) is 0 Å². The molecule has 6 heteroatoms. The Morgan fingerprint density at radius 2 is 2.21 bits per heavy atom. The lowest BCUT2D eigenvalue weighted by Gasteiger charge is -2.06. The largest absolute Gasteiger partial charge is 0.389 e. The fourth-order valence-electron chi connectivity index (χ4n) is 1.02. The van der Waals surface area contributed by atoms with Gasteiger partial charge in [-0.3, -0.25) is 5.10 Å². The molecule has 0 saturated carbocycles. The highest BCUT2D eigenvalue weighted by Crippen LogP contribution is 2.20. The Hall–Kier alpha value is -1.04. The van der Waals surface area contributed by atoms with Crippen LogP contribution in [0.15, 0.2) is 12.3 Å². The lowest BCUT2D eigenvalue weighted by molar-refractivity contribution is -0.135. The molecule has 0 amide bonds. The third kappa shape index (κ3) is 4.86. The highest BCUT2D eigenvalue weighted by Gasteiger charge is 2.25. The predicted molar refractivity (Wildman–Crippen MR) is 45.6 cm³/mol. The van der Waals surface area contributed by atoms with E-state index in [0.29, 0.717) is 13.1 Å². The average molecular weight is 207 g/mol. The third-order valence-electron chi connectivity index (χ3n) is 1.69. The summed E-state index contributed by atoms with van der Waals surface area (Å²) < 4.78 is 35.1. The number of hydrogen-bond donors (Lipinski definition) is 2. The van der Waals surface area contributed by atoms with Crippen LogP contribution in [0.1, 0.15) is 18.5 Å². The normalized spacial score (nSPS) is 11.9. The lowest BCUT2D eigenvalue weighted by atomic mass is 10.3. The summed E-state index contributed by atoms with van der Waals surface area (Å²) in [5, 5.41) is 9.31. The summed E-state index contributed by atoms with van der Waals surface area (Å²) in [6.07, 6.45) is -3.07. The van der Waals surface area contributed by atoms with Crippen molar-refractivity contribution in [1.29, 1.82) is 0 Å². The first-order valence-corrected chi connectivity index (χ1v) is 4.33. The van der Waals surface area contributed by atoms with Gasteiger partial charge in [-0.25, -0.2) is 0 Å². The van der Waals surface area contributed by atoms with E-state index in [0.717, 1.165) is 5.69 Å². The molecule has 2 N–H and O–H groups in total. The first-order valence-electron chi connectivity index (χ1n) is 4.33. The summed E-state index contributed by atoms with van der Waals surface area (Å²) in [7, 11) is 0. The standard InChI is InChI=1S/C8H12F3N3/c9-8(10,11)3-1-4-12-6-7-2-5-13-14-7/h2,5,12H,1,3-4,6H2,(H,13,14). The van der Waals surface area contributed by atoms with Crippen LogP contribution in [0.25, 0.3) is 0 Å². The molecule has 0 aliphatic rings. The smallest absolute Gasteiger partial charge is 0.311 e. The van der Waals surface area contributed by atoms with Gasteiger partial charge in [0.2, 0.25) is 0 Å². The lowest BCUT2D eigenvalue weighted by Crippen LogP contribution is -2.17. The van der Waals surface area contributed by atoms with Crippen LogP contribution < -0.4 is 5.32 Å². The molecule has 0 unspecified atom stereocenters. The van der Waals surface area contributed by atoms with Crippen molar-refractivity contribution in [2.24, 2.45) is 0 Å². The minimum absolute atomic E-state index is 0.109. The van der Waals surface area contributed by atoms with E-state index in [9.17, 15) is 13.2 Å². The van der Waals surface area contributed by atoms with Crippen LogP contribution in [0.4, 0.5) is 13.2 Å². The maximum absolute atomic E-state index is 11.7. The van der Waals surface area contributed by atoms with Gasteiger partial charge in [0.15, 0.2) is 0 Å². The Labute approximate surface area is 79.7 Å². The SMILES string of the molecule is FC(F)(F)CCCNCc1ccn[nH]1. The second-order valence-corrected chi connectivity index (χ2v) is 2.98. The van der Waals surface area contributed by atoms with Crippen LogP contribution in [0, 0.1) is 0 Å². The molecule has 0 bridgehead atoms. The third-order valence-corrected chi connectivity index (χ3v) is 1.69. The van der Waals surface area contributed by atoms with Crippen molar-refractivity contribution in [2.45, 2.75) is 25.6 Å². The van der Waals surface area contributed by atoms with E-state index >= 15 is 0 Å². The van der Waals surface area contributed by atoms with Gasteiger partial charge in [-0.1, -0.05) is 0 Å². The summed E-state index contributed by atoms with van der Waals surface area (Å²) in [5.41, 5.74) is 0.872. The van der Waals surface area contributed by atoms with E-state index in [1.807, 2.05) is 0 Å². The number of halogens is 3. The molecule has 1 aromatic rings. The van der Waals surface area contributed by atoms with Crippen molar-refractivity contribution in [2.75, 3.05) is 6.54 Å². The van der Waals surface area contributed by atoms with Crippen molar-refractivity contribution in [3.05, 3.63) is 18.0 Å². The zero-order chi connectivity index (χ0) is 10.4. The Kier molecular flexibility index (Phi) is 3.94. The van der Waals surface area contributed by atoms with Crippen LogP contribution in [-0.4, -0.2) is 22.9 Å². The van der Waals surface area contributed by atoms with Crippen molar-refractivity contribution in [1.82, 2.24) is 15.5 Å². The first kappa shape index (κ1) is 11.0. The van der Waals surface area contributed by atoms with E-state index in [1.165, 1.54) is 0 Å². The number of alkyl halides is 3. The molecule has 14 heavy (non-hydrogen) atoms. The molecular weight excluding hydrogens is 195 g/mol. The molecule has 3 nitrogen and oxygen atoms in total. The summed E-state index contributed by atoms with van der Waals surface area (Å²) in [5.74, 6) is 0. The second-order valence-electron chi connectivity index (χ2n) is 2.98. The van der Waals surface area contributed by atoms with E-state index in [2.05, 4.69) is 15.5 Å². The Morgan fingerprint density at radius 1 is 1.43 bits per heavy atom. The van der Waals surface area contributed by atoms with Crippen LogP contribution in [0.2, 0.25) is 0 Å². The summed E-state index contributed by atoms with van der Waals surface area (Å²) >= 11 is 0. The fourth-order valence-corrected chi connectivity index (χ4v) is 1.02. The monoisotopic (exact) mass is 207 g/mol. The molecule has 0 spiro atoms. The predicted octanol–water partition coefficient (Wildman–Crippen LogP) is 1.84. The number of nitrogens with one attached hydrogen (secondary N) is 2. The maximum Gasteiger partial charge on any atom is 0.389 e. The molecule has 0 aliphatic carbocycles. The molecular formula is C8H12F3N3. The average Bonchev–Trinajstić information content (AvgIpc) is 2.54. The minimum Gasteiger partial charge on any atom is -0.311 e. The molecule has 0 radical (unpaired) electrons. The minimum atomic E-state index is -4.05. The summed E-state index contributed by atoms with van der Waals surface area (Å²) in [6, 6.07) is 1.77. The molecule has 0 aromatic carbocycles. The van der Waals surface area contributed by atoms with Crippen molar-refractivity contribution in [3.8, 4) is 0 Å². The second kappa shape index (κ2) is 4.99. The van der Waals surface area contributed by atoms with Gasteiger partial charge in [0.05, 0.1) is 0 Å². The van der Waals surface area contributed by atoms with Gasteiger partial charge < -0.3 is 5.32 Å². The van der Waals surface area contributed by atoms with Crippen LogP contribution in [0.3, 0.4) is 0 Å². The number of hydrogen-bond acceptors (Lipinski definition) is 2. The van der Waals surface area contributed by atoms with Gasteiger partial charge in [0.1, 0.15) is 0 Å². The van der Waals surface area contributed by atoms with Crippen LogP contribution in [-0.2, 0) is 6.54 Å². The van der Waals surface area contributed by atoms with E-state index in [-0.39, 0.29) is 6.42 Å². The number of aromatic nitrogens is 2. The Balaban J connectivity index is 2.00. The van der Waals surface area contributed by atoms with Crippen molar-refractivity contribution >= 4 is 0 Å². The van der Waals surface area contributed by atoms with E-state index in [1.54, 1.807) is 12.3 Å². The number of H-pyrrole nitrogens is 1. The molecule has 1 aromatic heterocycles. The van der Waals surface area contributed by atoms with E-state index in [4.69, 9.17) is 0 Å². The number of rotatable bonds is 5. The molecule has 0 atom stereocenters. The fraction of sp³-hybridized carbons (Fsp3) is 0.625. The summed E-state index contributed by atoms with van der Waals surface area (Å²) in [4.78, 5) is 0. The van der Waals surface area contributed by atoms with Crippen LogP contribution >= 0.6 is 0 Å². The maximum atomic E-state index is 11.7.